The summed E-state index contributed by atoms with van der Waals surface area (Å²) in [6.07, 6.45) is 18.8. The summed E-state index contributed by atoms with van der Waals surface area (Å²) >= 11 is 0. The monoisotopic (exact) mass is 416 g/mol. The van der Waals surface area contributed by atoms with Gasteiger partial charge in [-0.25, -0.2) is 4.79 Å². The first-order chi connectivity index (χ1) is 14.5. The second kappa shape index (κ2) is 16.4. The van der Waals surface area contributed by atoms with E-state index in [1.54, 1.807) is 0 Å². The van der Waals surface area contributed by atoms with Crippen LogP contribution in [0.4, 0.5) is 0 Å². The molecule has 0 aliphatic rings. The summed E-state index contributed by atoms with van der Waals surface area (Å²) in [6, 6.07) is 8.09. The SMILES string of the molecule is CCCCCCCCc1ccc(C(=O)OCC(C)(CCCC)CCCCCC)cc1. The number of unbranched alkanes of at least 4 members (excludes halogenated alkanes) is 9. The van der Waals surface area contributed by atoms with Crippen LogP contribution >= 0.6 is 0 Å². The van der Waals surface area contributed by atoms with Crippen molar-refractivity contribution in [3.05, 3.63) is 35.4 Å². The van der Waals surface area contributed by atoms with Crippen molar-refractivity contribution in [2.75, 3.05) is 6.61 Å². The second-order valence-electron chi connectivity index (χ2n) is 9.52. The molecular weight excluding hydrogens is 368 g/mol. The number of carbonyl (C=O) groups excluding carboxylic acids is 1. The maximum atomic E-state index is 12.6. The molecule has 1 rings (SSSR count). The average molecular weight is 417 g/mol. The molecule has 1 atom stereocenters. The second-order valence-corrected chi connectivity index (χ2v) is 9.52. The fraction of sp³-hybridized carbons (Fsp3) is 0.750. The van der Waals surface area contributed by atoms with Gasteiger partial charge in [0.15, 0.2) is 0 Å². The standard InChI is InChI=1S/C28H48O2/c1-5-8-11-13-14-15-17-25-18-20-26(21-19-25)27(29)30-24-28(4,22-10-7-3)23-16-12-9-6-2/h18-21H,5-17,22-24H2,1-4H3. The van der Waals surface area contributed by atoms with Gasteiger partial charge < -0.3 is 4.74 Å². The van der Waals surface area contributed by atoms with Crippen LogP contribution in [0.2, 0.25) is 0 Å². The molecule has 1 aromatic rings. The predicted octanol–water partition coefficient (Wildman–Crippen LogP) is 8.91. The molecule has 0 spiro atoms. The van der Waals surface area contributed by atoms with Gasteiger partial charge in [0.05, 0.1) is 12.2 Å². The molecule has 0 amide bonds. The van der Waals surface area contributed by atoms with Gasteiger partial charge in [-0.15, -0.1) is 0 Å². The lowest BCUT2D eigenvalue weighted by Crippen LogP contribution is -2.25. The van der Waals surface area contributed by atoms with Crippen LogP contribution in [0, 0.1) is 5.41 Å². The van der Waals surface area contributed by atoms with Crippen molar-refractivity contribution in [3.63, 3.8) is 0 Å². The fourth-order valence-electron chi connectivity index (χ4n) is 4.09. The summed E-state index contributed by atoms with van der Waals surface area (Å²) in [4.78, 5) is 12.6. The zero-order valence-electron chi connectivity index (χ0n) is 20.4. The first-order valence-corrected chi connectivity index (χ1v) is 12.8. The van der Waals surface area contributed by atoms with E-state index in [9.17, 15) is 4.79 Å². The Labute approximate surface area is 187 Å². The molecule has 0 radical (unpaired) electrons. The van der Waals surface area contributed by atoms with E-state index in [2.05, 4.69) is 39.8 Å². The summed E-state index contributed by atoms with van der Waals surface area (Å²) in [6.45, 7) is 9.57. The van der Waals surface area contributed by atoms with Crippen LogP contribution in [-0.2, 0) is 11.2 Å². The quantitative estimate of drug-likeness (QED) is 0.176. The molecular formula is C28H48O2. The Morgan fingerprint density at radius 3 is 1.90 bits per heavy atom. The van der Waals surface area contributed by atoms with Gasteiger partial charge in [-0.05, 0) is 43.4 Å². The van der Waals surface area contributed by atoms with Crippen LogP contribution in [0.15, 0.2) is 24.3 Å². The number of esters is 1. The third-order valence-corrected chi connectivity index (χ3v) is 6.33. The molecule has 0 heterocycles. The third-order valence-electron chi connectivity index (χ3n) is 6.33. The minimum atomic E-state index is -0.169. The van der Waals surface area contributed by atoms with Gasteiger partial charge in [0.1, 0.15) is 0 Å². The molecule has 172 valence electrons. The molecule has 0 N–H and O–H groups in total. The molecule has 0 aliphatic carbocycles. The van der Waals surface area contributed by atoms with Crippen molar-refractivity contribution in [1.29, 1.82) is 0 Å². The Morgan fingerprint density at radius 1 is 0.733 bits per heavy atom. The predicted molar refractivity (Wildman–Crippen MR) is 130 cm³/mol. The van der Waals surface area contributed by atoms with E-state index in [4.69, 9.17) is 4.74 Å². The Hall–Kier alpha value is -1.31. The minimum absolute atomic E-state index is 0.108. The Bertz CT molecular complexity index is 548. The molecule has 0 bridgehead atoms. The first-order valence-electron chi connectivity index (χ1n) is 12.8. The summed E-state index contributed by atoms with van der Waals surface area (Å²) in [7, 11) is 0. The first kappa shape index (κ1) is 26.7. The van der Waals surface area contributed by atoms with Gasteiger partial charge in [0, 0.05) is 5.41 Å². The molecule has 2 nitrogen and oxygen atoms in total. The van der Waals surface area contributed by atoms with E-state index in [0.29, 0.717) is 12.2 Å². The van der Waals surface area contributed by atoms with Crippen molar-refractivity contribution >= 4 is 5.97 Å². The summed E-state index contributed by atoms with van der Waals surface area (Å²) in [5, 5.41) is 0. The lowest BCUT2D eigenvalue weighted by Gasteiger charge is -2.29. The van der Waals surface area contributed by atoms with Crippen LogP contribution in [0.25, 0.3) is 0 Å². The van der Waals surface area contributed by atoms with Crippen molar-refractivity contribution < 1.29 is 9.53 Å². The lowest BCUT2D eigenvalue weighted by atomic mass is 9.80. The highest BCUT2D eigenvalue weighted by molar-refractivity contribution is 5.89. The number of ether oxygens (including phenoxy) is 1. The lowest BCUT2D eigenvalue weighted by molar-refractivity contribution is 0.0265. The largest absolute Gasteiger partial charge is 0.462 e. The van der Waals surface area contributed by atoms with E-state index in [-0.39, 0.29) is 11.4 Å². The van der Waals surface area contributed by atoms with E-state index in [0.717, 1.165) is 19.3 Å². The van der Waals surface area contributed by atoms with Gasteiger partial charge in [0.25, 0.3) is 0 Å². The van der Waals surface area contributed by atoms with E-state index < -0.39 is 0 Å². The highest BCUT2D eigenvalue weighted by Crippen LogP contribution is 2.31. The van der Waals surface area contributed by atoms with Gasteiger partial charge in [0.2, 0.25) is 0 Å². The molecule has 1 unspecified atom stereocenters. The zero-order chi connectivity index (χ0) is 22.1. The minimum Gasteiger partial charge on any atom is -0.462 e. The van der Waals surface area contributed by atoms with Gasteiger partial charge in [-0.3, -0.25) is 0 Å². The van der Waals surface area contributed by atoms with Crippen molar-refractivity contribution in [2.45, 2.75) is 124 Å². The highest BCUT2D eigenvalue weighted by Gasteiger charge is 2.25. The summed E-state index contributed by atoms with van der Waals surface area (Å²) in [5.74, 6) is -0.169. The van der Waals surface area contributed by atoms with Crippen LogP contribution in [-0.4, -0.2) is 12.6 Å². The topological polar surface area (TPSA) is 26.3 Å². The van der Waals surface area contributed by atoms with Crippen LogP contribution < -0.4 is 0 Å². The molecule has 0 saturated carbocycles. The Balaban J connectivity index is 2.44. The normalized spacial score (nSPS) is 13.2. The third kappa shape index (κ3) is 11.8. The smallest absolute Gasteiger partial charge is 0.338 e. The molecule has 1 aromatic carbocycles. The van der Waals surface area contributed by atoms with E-state index in [1.165, 1.54) is 82.6 Å². The van der Waals surface area contributed by atoms with E-state index >= 15 is 0 Å². The molecule has 0 fully saturated rings. The molecule has 30 heavy (non-hydrogen) atoms. The zero-order valence-corrected chi connectivity index (χ0v) is 20.4. The number of rotatable bonds is 18. The molecule has 0 aliphatic heterocycles. The van der Waals surface area contributed by atoms with Gasteiger partial charge in [-0.1, -0.05) is 110 Å². The van der Waals surface area contributed by atoms with Crippen LogP contribution in [0.3, 0.4) is 0 Å². The Morgan fingerprint density at radius 2 is 1.27 bits per heavy atom. The molecule has 0 aromatic heterocycles. The summed E-state index contributed by atoms with van der Waals surface area (Å²) < 4.78 is 5.78. The number of benzene rings is 1. The van der Waals surface area contributed by atoms with Crippen molar-refractivity contribution in [2.24, 2.45) is 5.41 Å². The van der Waals surface area contributed by atoms with Crippen molar-refractivity contribution in [1.82, 2.24) is 0 Å². The number of hydrogen-bond donors (Lipinski definition) is 0. The van der Waals surface area contributed by atoms with Crippen LogP contribution in [0.1, 0.15) is 134 Å². The van der Waals surface area contributed by atoms with Crippen LogP contribution in [0.5, 0.6) is 0 Å². The highest BCUT2D eigenvalue weighted by atomic mass is 16.5. The average Bonchev–Trinajstić information content (AvgIpc) is 2.77. The molecule has 2 heteroatoms. The fourth-order valence-corrected chi connectivity index (χ4v) is 4.09. The Kier molecular flexibility index (Phi) is 14.6. The maximum absolute atomic E-state index is 12.6. The van der Waals surface area contributed by atoms with Crippen molar-refractivity contribution in [3.8, 4) is 0 Å². The van der Waals surface area contributed by atoms with E-state index in [1.807, 2.05) is 12.1 Å². The number of hydrogen-bond acceptors (Lipinski definition) is 2. The number of aryl methyl sites for hydroxylation is 1. The number of carbonyl (C=O) groups is 1. The van der Waals surface area contributed by atoms with Gasteiger partial charge >= 0.3 is 5.97 Å². The summed E-state index contributed by atoms with van der Waals surface area (Å²) in [5.41, 5.74) is 2.12. The van der Waals surface area contributed by atoms with Gasteiger partial charge in [-0.2, -0.15) is 0 Å². The maximum Gasteiger partial charge on any atom is 0.338 e. The molecule has 0 saturated heterocycles.